The van der Waals surface area contributed by atoms with Crippen LogP contribution in [0.3, 0.4) is 0 Å². The molecule has 0 atom stereocenters. The number of hydrogen-bond donors (Lipinski definition) is 0. The van der Waals surface area contributed by atoms with E-state index < -0.39 is 0 Å². The van der Waals surface area contributed by atoms with Crippen molar-refractivity contribution in [2.75, 3.05) is 4.90 Å². The fourth-order valence-corrected chi connectivity index (χ4v) is 10.9. The Balaban J connectivity index is 0.981. The van der Waals surface area contributed by atoms with Gasteiger partial charge in [-0.15, -0.1) is 11.3 Å². The maximum atomic E-state index is 6.69. The summed E-state index contributed by atoms with van der Waals surface area (Å²) in [5, 5.41) is 9.67. The highest BCUT2D eigenvalue weighted by molar-refractivity contribution is 7.25. The van der Waals surface area contributed by atoms with Crippen molar-refractivity contribution in [3.63, 3.8) is 0 Å². The molecule has 0 N–H and O–H groups in total. The van der Waals surface area contributed by atoms with Crippen LogP contribution in [0.15, 0.2) is 223 Å². The van der Waals surface area contributed by atoms with Crippen LogP contribution in [0.25, 0.3) is 103 Å². The Morgan fingerprint density at radius 2 is 1.00 bits per heavy atom. The molecule has 0 fully saturated rings. The molecule has 0 aliphatic heterocycles. The molecular formula is C58H36N2OS. The van der Waals surface area contributed by atoms with Gasteiger partial charge in [-0.3, -0.25) is 0 Å². The maximum absolute atomic E-state index is 6.69. The number of benzene rings is 10. The van der Waals surface area contributed by atoms with E-state index in [0.717, 1.165) is 61.2 Å². The second kappa shape index (κ2) is 13.8. The summed E-state index contributed by atoms with van der Waals surface area (Å²) >= 11 is 1.86. The zero-order chi connectivity index (χ0) is 40.7. The molecule has 0 aliphatic carbocycles. The van der Waals surface area contributed by atoms with Crippen molar-refractivity contribution in [1.82, 2.24) is 4.57 Å². The highest BCUT2D eigenvalue weighted by Gasteiger charge is 2.22. The molecular weight excluding hydrogens is 773 g/mol. The van der Waals surface area contributed by atoms with Gasteiger partial charge in [0.05, 0.1) is 16.7 Å². The molecule has 0 unspecified atom stereocenters. The van der Waals surface area contributed by atoms with E-state index in [0.29, 0.717) is 0 Å². The molecule has 3 aromatic heterocycles. The monoisotopic (exact) mass is 808 g/mol. The Morgan fingerprint density at radius 3 is 1.79 bits per heavy atom. The number of thiophene rings is 1. The first kappa shape index (κ1) is 34.9. The summed E-state index contributed by atoms with van der Waals surface area (Å²) in [6, 6.07) is 79.2. The second-order valence-electron chi connectivity index (χ2n) is 16.0. The van der Waals surface area contributed by atoms with Crippen molar-refractivity contribution in [2.24, 2.45) is 0 Å². The summed E-state index contributed by atoms with van der Waals surface area (Å²) in [5.74, 6) is 0. The van der Waals surface area contributed by atoms with Crippen LogP contribution in [0.1, 0.15) is 0 Å². The molecule has 62 heavy (non-hydrogen) atoms. The molecule has 0 aliphatic rings. The molecule has 0 spiro atoms. The quantitative estimate of drug-likeness (QED) is 0.167. The van der Waals surface area contributed by atoms with E-state index in [9.17, 15) is 0 Å². The molecule has 3 heterocycles. The number of fused-ring (bicyclic) bond motifs is 11. The van der Waals surface area contributed by atoms with Crippen LogP contribution in [-0.4, -0.2) is 4.57 Å². The number of furan rings is 1. The molecule has 10 aromatic carbocycles. The van der Waals surface area contributed by atoms with Gasteiger partial charge in [-0.25, -0.2) is 0 Å². The normalized spacial score (nSPS) is 11.9. The van der Waals surface area contributed by atoms with E-state index in [1.54, 1.807) is 0 Å². The molecule has 0 radical (unpaired) electrons. The predicted octanol–water partition coefficient (Wildman–Crippen LogP) is 17.0. The highest BCUT2D eigenvalue weighted by Crippen LogP contribution is 2.46. The second-order valence-corrected chi connectivity index (χ2v) is 17.1. The zero-order valence-electron chi connectivity index (χ0n) is 33.5. The summed E-state index contributed by atoms with van der Waals surface area (Å²) in [4.78, 5) is 2.40. The number of para-hydroxylation sites is 3. The fraction of sp³-hybridized carbons (Fsp3) is 0. The number of rotatable bonds is 6. The van der Waals surface area contributed by atoms with Gasteiger partial charge >= 0.3 is 0 Å². The van der Waals surface area contributed by atoms with Gasteiger partial charge in [-0.05, 0) is 101 Å². The van der Waals surface area contributed by atoms with Gasteiger partial charge in [0.1, 0.15) is 11.2 Å². The molecule has 13 rings (SSSR count). The first-order valence-electron chi connectivity index (χ1n) is 21.1. The smallest absolute Gasteiger partial charge is 0.143 e. The van der Waals surface area contributed by atoms with Gasteiger partial charge in [0, 0.05) is 69.7 Å². The standard InChI is InChI=1S/C58H36N2OS/c1-2-13-43-38(12-1)26-35-50-57-49(18-11-22-54(57)61-58(43)50)46-16-5-7-19-51(46)59(40-28-24-37(25-29-40)39-27-34-48-47-17-6-10-23-55(47)62-56(48)36-39)41-30-32-42(33-31-41)60-52-20-8-3-14-44(52)45-15-4-9-21-53(45)60/h1-36H. The maximum Gasteiger partial charge on any atom is 0.143 e. The Hall–Kier alpha value is -7.92. The molecule has 3 nitrogen and oxygen atoms in total. The van der Waals surface area contributed by atoms with Crippen LogP contribution >= 0.6 is 11.3 Å². The van der Waals surface area contributed by atoms with E-state index in [4.69, 9.17) is 4.42 Å². The Labute approximate surface area is 361 Å². The Kier molecular flexibility index (Phi) is 7.78. The van der Waals surface area contributed by atoms with E-state index in [1.165, 1.54) is 58.5 Å². The highest BCUT2D eigenvalue weighted by atomic mass is 32.1. The van der Waals surface area contributed by atoms with E-state index in [-0.39, 0.29) is 0 Å². The summed E-state index contributed by atoms with van der Waals surface area (Å²) in [6.07, 6.45) is 0. The molecule has 290 valence electrons. The van der Waals surface area contributed by atoms with Gasteiger partial charge in [0.15, 0.2) is 0 Å². The molecule has 4 heteroatoms. The van der Waals surface area contributed by atoms with Crippen molar-refractivity contribution in [3.05, 3.63) is 218 Å². The van der Waals surface area contributed by atoms with Gasteiger partial charge in [-0.2, -0.15) is 0 Å². The molecule has 0 bridgehead atoms. The minimum Gasteiger partial charge on any atom is -0.455 e. The summed E-state index contributed by atoms with van der Waals surface area (Å²) in [6.45, 7) is 0. The van der Waals surface area contributed by atoms with Gasteiger partial charge in [0.25, 0.3) is 0 Å². The average Bonchev–Trinajstić information content (AvgIpc) is 4.02. The molecule has 0 saturated heterocycles. The van der Waals surface area contributed by atoms with Crippen molar-refractivity contribution >= 4 is 103 Å². The number of hydrogen-bond acceptors (Lipinski definition) is 3. The molecule has 0 saturated carbocycles. The van der Waals surface area contributed by atoms with E-state index in [1.807, 2.05) is 11.3 Å². The largest absolute Gasteiger partial charge is 0.455 e. The van der Waals surface area contributed by atoms with Crippen molar-refractivity contribution in [1.29, 1.82) is 0 Å². The third-order valence-electron chi connectivity index (χ3n) is 12.6. The minimum atomic E-state index is 0.880. The first-order chi connectivity index (χ1) is 30.7. The SMILES string of the molecule is c1ccc(N(c2ccc(-c3ccc4c(c3)sc3ccccc34)cc2)c2ccc(-n3c4ccccc4c4ccccc43)cc2)c(-c2cccc3oc4c5ccccc5ccc4c23)c1. The van der Waals surface area contributed by atoms with Crippen molar-refractivity contribution in [3.8, 4) is 27.9 Å². The fourth-order valence-electron chi connectivity index (χ4n) is 9.76. The van der Waals surface area contributed by atoms with E-state index in [2.05, 4.69) is 228 Å². The minimum absolute atomic E-state index is 0.880. The van der Waals surface area contributed by atoms with Crippen LogP contribution in [-0.2, 0) is 0 Å². The van der Waals surface area contributed by atoms with Gasteiger partial charge < -0.3 is 13.9 Å². The lowest BCUT2D eigenvalue weighted by molar-refractivity contribution is 0.673. The van der Waals surface area contributed by atoms with Crippen LogP contribution < -0.4 is 4.90 Å². The predicted molar refractivity (Wildman–Crippen MR) is 264 cm³/mol. The third kappa shape index (κ3) is 5.37. The number of nitrogens with zero attached hydrogens (tertiary/aromatic N) is 2. The molecule has 0 amide bonds. The average molecular weight is 809 g/mol. The Morgan fingerprint density at radius 1 is 0.403 bits per heavy atom. The van der Waals surface area contributed by atoms with Crippen LogP contribution in [0.2, 0.25) is 0 Å². The lowest BCUT2D eigenvalue weighted by Gasteiger charge is -2.28. The van der Waals surface area contributed by atoms with Crippen molar-refractivity contribution in [2.45, 2.75) is 0 Å². The zero-order valence-corrected chi connectivity index (χ0v) is 34.3. The lowest BCUT2D eigenvalue weighted by atomic mass is 9.96. The summed E-state index contributed by atoms with van der Waals surface area (Å²) in [7, 11) is 0. The number of aromatic nitrogens is 1. The van der Waals surface area contributed by atoms with E-state index >= 15 is 0 Å². The van der Waals surface area contributed by atoms with Gasteiger partial charge in [-0.1, -0.05) is 140 Å². The van der Waals surface area contributed by atoms with Crippen LogP contribution in [0, 0.1) is 0 Å². The molecule has 13 aromatic rings. The first-order valence-corrected chi connectivity index (χ1v) is 21.9. The summed E-state index contributed by atoms with van der Waals surface area (Å²) < 4.78 is 11.7. The number of anilines is 3. The van der Waals surface area contributed by atoms with Gasteiger partial charge in [0.2, 0.25) is 0 Å². The van der Waals surface area contributed by atoms with Crippen LogP contribution in [0.5, 0.6) is 0 Å². The Bertz CT molecular complexity index is 3820. The van der Waals surface area contributed by atoms with Crippen LogP contribution in [0.4, 0.5) is 17.1 Å². The van der Waals surface area contributed by atoms with Crippen molar-refractivity contribution < 1.29 is 4.42 Å². The lowest BCUT2D eigenvalue weighted by Crippen LogP contribution is -2.11. The topological polar surface area (TPSA) is 21.3 Å². The summed E-state index contributed by atoms with van der Waals surface area (Å²) in [5.41, 5.74) is 13.2. The third-order valence-corrected chi connectivity index (χ3v) is 13.7.